The summed E-state index contributed by atoms with van der Waals surface area (Å²) in [5.74, 6) is 0. The maximum Gasteiger partial charge on any atom is 0.0948 e. The van der Waals surface area contributed by atoms with Crippen molar-refractivity contribution in [2.24, 2.45) is 0 Å². The summed E-state index contributed by atoms with van der Waals surface area (Å²) in [5, 5.41) is 3.34. The largest absolute Gasteiger partial charge is 0.380 e. The van der Waals surface area contributed by atoms with Crippen molar-refractivity contribution in [3.63, 3.8) is 0 Å². The zero-order valence-electron chi connectivity index (χ0n) is 9.70. The van der Waals surface area contributed by atoms with Gasteiger partial charge in [-0.3, -0.25) is 0 Å². The van der Waals surface area contributed by atoms with Crippen molar-refractivity contribution in [3.8, 4) is 0 Å². The van der Waals surface area contributed by atoms with Gasteiger partial charge in [-0.1, -0.05) is 6.92 Å². The third-order valence-corrected chi connectivity index (χ3v) is 2.20. The lowest BCUT2D eigenvalue weighted by Crippen LogP contribution is -2.20. The molecule has 0 bridgehead atoms. The van der Waals surface area contributed by atoms with Gasteiger partial charge in [0.05, 0.1) is 18.6 Å². The van der Waals surface area contributed by atoms with Crippen molar-refractivity contribution in [2.75, 3.05) is 19.8 Å². The predicted octanol–water partition coefficient (Wildman–Crippen LogP) is 1.42. The molecule has 1 rings (SSSR count). The maximum atomic E-state index is 5.25. The maximum absolute atomic E-state index is 5.25. The minimum atomic E-state index is 0.776. The quantitative estimate of drug-likeness (QED) is 0.661. The van der Waals surface area contributed by atoms with Gasteiger partial charge >= 0.3 is 0 Å². The number of rotatable bonds is 8. The molecule has 4 heteroatoms. The number of aryl methyl sites for hydroxylation is 1. The molecule has 0 aromatic carbocycles. The number of hydrogen-bond donors (Lipinski definition) is 1. The van der Waals surface area contributed by atoms with Gasteiger partial charge < -0.3 is 14.6 Å². The second kappa shape index (κ2) is 7.43. The molecule has 0 fully saturated rings. The molecule has 0 aliphatic carbocycles. The minimum Gasteiger partial charge on any atom is -0.380 e. The van der Waals surface area contributed by atoms with E-state index in [-0.39, 0.29) is 0 Å². The summed E-state index contributed by atoms with van der Waals surface area (Å²) < 4.78 is 7.43. The highest BCUT2D eigenvalue weighted by molar-refractivity contribution is 4.97. The fourth-order valence-corrected chi connectivity index (χ4v) is 1.44. The number of nitrogens with zero attached hydrogens (tertiary/aromatic N) is 2. The Labute approximate surface area is 91.7 Å². The first kappa shape index (κ1) is 12.2. The Morgan fingerprint density at radius 2 is 2.33 bits per heavy atom. The normalized spacial score (nSPS) is 10.8. The van der Waals surface area contributed by atoms with Crippen LogP contribution in [0.15, 0.2) is 12.5 Å². The van der Waals surface area contributed by atoms with Crippen molar-refractivity contribution in [1.82, 2.24) is 14.9 Å². The Balaban J connectivity index is 2.21. The lowest BCUT2D eigenvalue weighted by Gasteiger charge is -2.07. The van der Waals surface area contributed by atoms with E-state index in [9.17, 15) is 0 Å². The highest BCUT2D eigenvalue weighted by Gasteiger charge is 1.99. The van der Waals surface area contributed by atoms with Crippen LogP contribution in [0.1, 0.15) is 26.0 Å². The minimum absolute atomic E-state index is 0.776. The second-order valence-corrected chi connectivity index (χ2v) is 3.45. The van der Waals surface area contributed by atoms with Crippen molar-refractivity contribution < 1.29 is 4.74 Å². The van der Waals surface area contributed by atoms with Gasteiger partial charge in [-0.2, -0.15) is 0 Å². The Morgan fingerprint density at radius 3 is 3.07 bits per heavy atom. The zero-order valence-corrected chi connectivity index (χ0v) is 9.70. The van der Waals surface area contributed by atoms with Crippen LogP contribution in [0, 0.1) is 0 Å². The third kappa shape index (κ3) is 4.44. The van der Waals surface area contributed by atoms with E-state index >= 15 is 0 Å². The molecular weight excluding hydrogens is 190 g/mol. The Bertz CT molecular complexity index is 260. The van der Waals surface area contributed by atoms with Crippen molar-refractivity contribution >= 4 is 0 Å². The van der Waals surface area contributed by atoms with Crippen LogP contribution in [-0.2, 0) is 17.8 Å². The van der Waals surface area contributed by atoms with Crippen molar-refractivity contribution in [1.29, 1.82) is 0 Å². The summed E-state index contributed by atoms with van der Waals surface area (Å²) in [6.07, 6.45) is 4.95. The molecule has 86 valence electrons. The van der Waals surface area contributed by atoms with Gasteiger partial charge in [0.2, 0.25) is 0 Å². The van der Waals surface area contributed by atoms with Crippen molar-refractivity contribution in [2.45, 2.75) is 33.4 Å². The molecule has 1 aromatic rings. The molecule has 0 aliphatic rings. The van der Waals surface area contributed by atoms with Crippen molar-refractivity contribution in [3.05, 3.63) is 18.2 Å². The van der Waals surface area contributed by atoms with E-state index in [1.165, 1.54) is 5.69 Å². The van der Waals surface area contributed by atoms with Gasteiger partial charge in [0, 0.05) is 32.4 Å². The molecule has 1 N–H and O–H groups in total. The summed E-state index contributed by atoms with van der Waals surface area (Å²) >= 11 is 0. The molecular formula is C11H21N3O. The summed E-state index contributed by atoms with van der Waals surface area (Å²) in [4.78, 5) is 4.15. The van der Waals surface area contributed by atoms with Crippen LogP contribution in [0.25, 0.3) is 0 Å². The molecule has 0 amide bonds. The first-order valence-corrected chi connectivity index (χ1v) is 5.66. The number of aromatic nitrogens is 2. The Morgan fingerprint density at radius 1 is 1.47 bits per heavy atom. The standard InChI is InChI=1S/C11H21N3O/c1-3-6-14-10-13-9-11(14)8-12-5-7-15-4-2/h9-10,12H,3-8H2,1-2H3. The van der Waals surface area contributed by atoms with Gasteiger partial charge in [0.25, 0.3) is 0 Å². The Kier molecular flexibility index (Phi) is 6.04. The van der Waals surface area contributed by atoms with E-state index in [0.29, 0.717) is 0 Å². The van der Waals surface area contributed by atoms with Crippen LogP contribution in [0.4, 0.5) is 0 Å². The summed E-state index contributed by atoms with van der Waals surface area (Å²) in [6, 6.07) is 0. The number of imidazole rings is 1. The van der Waals surface area contributed by atoms with Gasteiger partial charge in [-0.05, 0) is 13.3 Å². The van der Waals surface area contributed by atoms with Crippen LogP contribution in [0.5, 0.6) is 0 Å². The highest BCUT2D eigenvalue weighted by atomic mass is 16.5. The average molecular weight is 211 g/mol. The van der Waals surface area contributed by atoms with Gasteiger partial charge in [0.1, 0.15) is 0 Å². The number of nitrogens with one attached hydrogen (secondary N) is 1. The fourth-order valence-electron chi connectivity index (χ4n) is 1.44. The molecule has 0 radical (unpaired) electrons. The highest BCUT2D eigenvalue weighted by Crippen LogP contribution is 1.99. The fraction of sp³-hybridized carbons (Fsp3) is 0.727. The van der Waals surface area contributed by atoms with Gasteiger partial charge in [0.15, 0.2) is 0 Å². The van der Waals surface area contributed by atoms with Crippen LogP contribution in [0.3, 0.4) is 0 Å². The van der Waals surface area contributed by atoms with E-state index in [1.807, 2.05) is 19.4 Å². The first-order valence-electron chi connectivity index (χ1n) is 5.66. The molecule has 0 atom stereocenters. The summed E-state index contributed by atoms with van der Waals surface area (Å²) in [5.41, 5.74) is 1.24. The predicted molar refractivity (Wildman–Crippen MR) is 60.7 cm³/mol. The molecule has 1 aromatic heterocycles. The number of hydrogen-bond acceptors (Lipinski definition) is 3. The van der Waals surface area contributed by atoms with E-state index in [1.54, 1.807) is 0 Å². The van der Waals surface area contributed by atoms with Gasteiger partial charge in [-0.15, -0.1) is 0 Å². The van der Waals surface area contributed by atoms with E-state index < -0.39 is 0 Å². The molecule has 4 nitrogen and oxygen atoms in total. The lowest BCUT2D eigenvalue weighted by atomic mass is 10.4. The topological polar surface area (TPSA) is 39.1 Å². The lowest BCUT2D eigenvalue weighted by molar-refractivity contribution is 0.149. The number of ether oxygens (including phenoxy) is 1. The SMILES string of the molecule is CCCn1cncc1CNCCOCC. The second-order valence-electron chi connectivity index (χ2n) is 3.45. The summed E-state index contributed by atoms with van der Waals surface area (Å²) in [6.45, 7) is 8.55. The van der Waals surface area contributed by atoms with E-state index in [2.05, 4.69) is 21.8 Å². The van der Waals surface area contributed by atoms with E-state index in [4.69, 9.17) is 4.74 Å². The van der Waals surface area contributed by atoms with Crippen LogP contribution < -0.4 is 5.32 Å². The van der Waals surface area contributed by atoms with Crippen LogP contribution >= 0.6 is 0 Å². The average Bonchev–Trinajstić information content (AvgIpc) is 2.66. The van der Waals surface area contributed by atoms with E-state index in [0.717, 1.165) is 39.3 Å². The molecule has 0 saturated carbocycles. The molecule has 1 heterocycles. The molecule has 0 aliphatic heterocycles. The molecule has 0 unspecified atom stereocenters. The molecule has 0 spiro atoms. The third-order valence-electron chi connectivity index (χ3n) is 2.20. The van der Waals surface area contributed by atoms with Gasteiger partial charge in [-0.25, -0.2) is 4.98 Å². The monoisotopic (exact) mass is 211 g/mol. The molecule has 15 heavy (non-hydrogen) atoms. The smallest absolute Gasteiger partial charge is 0.0948 e. The molecule has 0 saturated heterocycles. The first-order chi connectivity index (χ1) is 7.38. The zero-order chi connectivity index (χ0) is 10.9. The van der Waals surface area contributed by atoms with Crippen LogP contribution in [-0.4, -0.2) is 29.3 Å². The summed E-state index contributed by atoms with van der Waals surface area (Å²) in [7, 11) is 0. The Hall–Kier alpha value is -0.870. The van der Waals surface area contributed by atoms with Crippen LogP contribution in [0.2, 0.25) is 0 Å².